The first-order valence-electron chi connectivity index (χ1n) is 9.23. The quantitative estimate of drug-likeness (QED) is 0.805. The number of hydrogen-bond acceptors (Lipinski definition) is 4. The molecule has 1 aliphatic carbocycles. The van der Waals surface area contributed by atoms with E-state index in [1.165, 1.54) is 0 Å². The molecule has 3 rings (SSSR count). The third kappa shape index (κ3) is 3.80. The summed E-state index contributed by atoms with van der Waals surface area (Å²) in [5.41, 5.74) is -1.36. The molecule has 1 saturated carbocycles. The summed E-state index contributed by atoms with van der Waals surface area (Å²) in [6.07, 6.45) is -1.93. The van der Waals surface area contributed by atoms with Crippen LogP contribution in [0.5, 0.6) is 0 Å². The van der Waals surface area contributed by atoms with E-state index in [1.807, 2.05) is 13.8 Å². The van der Waals surface area contributed by atoms with Gasteiger partial charge in [0.1, 0.15) is 11.6 Å². The molecule has 0 aromatic carbocycles. The molecule has 8 heteroatoms. The Hall–Kier alpha value is -2.12. The lowest BCUT2D eigenvalue weighted by atomic mass is 9.74. The zero-order chi connectivity index (χ0) is 19.8. The van der Waals surface area contributed by atoms with Crippen LogP contribution in [0.15, 0.2) is 18.3 Å². The minimum absolute atomic E-state index is 0.00000131. The molecule has 1 amide bonds. The first kappa shape index (κ1) is 19.6. The fourth-order valence-corrected chi connectivity index (χ4v) is 4.03. The molecule has 0 bridgehead atoms. The van der Waals surface area contributed by atoms with Gasteiger partial charge in [-0.05, 0) is 24.5 Å². The Morgan fingerprint density at radius 2 is 1.89 bits per heavy atom. The fourth-order valence-electron chi connectivity index (χ4n) is 4.03. The lowest BCUT2D eigenvalue weighted by Crippen LogP contribution is -2.54. The summed E-state index contributed by atoms with van der Waals surface area (Å²) in [6, 6.07) is 2.00. The Bertz CT molecular complexity index is 727. The van der Waals surface area contributed by atoms with Gasteiger partial charge in [0.05, 0.1) is 11.0 Å². The molecule has 0 N–H and O–H groups in total. The minimum atomic E-state index is -4.41. The number of amides is 1. The number of alkyl halides is 3. The molecule has 5 nitrogen and oxygen atoms in total. The van der Waals surface area contributed by atoms with Gasteiger partial charge in [0.25, 0.3) is 0 Å². The highest BCUT2D eigenvalue weighted by atomic mass is 19.4. The summed E-state index contributed by atoms with van der Waals surface area (Å²) >= 11 is 0. The van der Waals surface area contributed by atoms with E-state index in [0.29, 0.717) is 45.4 Å². The molecule has 0 radical (unpaired) electrons. The van der Waals surface area contributed by atoms with Crippen molar-refractivity contribution in [1.29, 1.82) is 0 Å². The number of rotatable bonds is 3. The van der Waals surface area contributed by atoms with Crippen LogP contribution in [-0.4, -0.2) is 47.8 Å². The second-order valence-corrected chi connectivity index (χ2v) is 7.71. The largest absolute Gasteiger partial charge is 0.416 e. The molecule has 2 fully saturated rings. The summed E-state index contributed by atoms with van der Waals surface area (Å²) in [7, 11) is 0. The van der Waals surface area contributed by atoms with E-state index in [9.17, 15) is 22.8 Å². The standard InChI is InChI=1S/C19H24F3N3O2/c1-13(2)18(5-3-15(26)12-18)17(27)25-9-7-24(8-10-25)16-11-14(4-6-23-16)19(20,21)22/h4,6,11,13H,3,5,7-10,12H2,1-2H3. The summed E-state index contributed by atoms with van der Waals surface area (Å²) in [5.74, 6) is 0.468. The SMILES string of the molecule is CC(C)C1(C(=O)N2CCN(c3cc(C(F)(F)F)ccn3)CC2)CCC(=O)C1. The highest BCUT2D eigenvalue weighted by Crippen LogP contribution is 2.44. The third-order valence-electron chi connectivity index (χ3n) is 5.86. The van der Waals surface area contributed by atoms with E-state index < -0.39 is 17.2 Å². The summed E-state index contributed by atoms with van der Waals surface area (Å²) in [6.45, 7) is 5.61. The molecular weight excluding hydrogens is 359 g/mol. The van der Waals surface area contributed by atoms with Gasteiger partial charge in [-0.3, -0.25) is 9.59 Å². The summed E-state index contributed by atoms with van der Waals surface area (Å²) < 4.78 is 38.7. The van der Waals surface area contributed by atoms with E-state index in [4.69, 9.17) is 0 Å². The van der Waals surface area contributed by atoms with Crippen LogP contribution in [0.2, 0.25) is 0 Å². The van der Waals surface area contributed by atoms with Crippen LogP contribution in [0.3, 0.4) is 0 Å². The second kappa shape index (κ2) is 7.13. The number of pyridine rings is 1. The van der Waals surface area contributed by atoms with Crippen LogP contribution in [0, 0.1) is 11.3 Å². The molecule has 1 aromatic heterocycles. The molecule has 1 atom stereocenters. The molecular formula is C19H24F3N3O2. The maximum atomic E-state index is 13.1. The lowest BCUT2D eigenvalue weighted by Gasteiger charge is -2.41. The number of piperazine rings is 1. The molecule has 1 saturated heterocycles. The molecule has 1 unspecified atom stereocenters. The van der Waals surface area contributed by atoms with Crippen LogP contribution in [0.25, 0.3) is 0 Å². The number of aromatic nitrogens is 1. The van der Waals surface area contributed by atoms with E-state index in [2.05, 4.69) is 4.98 Å². The van der Waals surface area contributed by atoms with E-state index in [-0.39, 0.29) is 23.4 Å². The van der Waals surface area contributed by atoms with Crippen molar-refractivity contribution in [2.24, 2.45) is 11.3 Å². The summed E-state index contributed by atoms with van der Waals surface area (Å²) in [4.78, 5) is 32.5. The predicted octanol–water partition coefficient (Wildman–Crippen LogP) is 3.14. The van der Waals surface area contributed by atoms with Crippen LogP contribution < -0.4 is 4.90 Å². The number of ketones is 1. The zero-order valence-corrected chi connectivity index (χ0v) is 15.6. The molecule has 0 spiro atoms. The molecule has 2 aliphatic rings. The van der Waals surface area contributed by atoms with Crippen molar-refractivity contribution in [3.63, 3.8) is 0 Å². The summed E-state index contributed by atoms with van der Waals surface area (Å²) in [5, 5.41) is 0. The molecule has 1 aromatic rings. The Morgan fingerprint density at radius 1 is 1.22 bits per heavy atom. The maximum Gasteiger partial charge on any atom is 0.416 e. The number of hydrogen-bond donors (Lipinski definition) is 0. The van der Waals surface area contributed by atoms with Crippen molar-refractivity contribution >= 4 is 17.5 Å². The zero-order valence-electron chi connectivity index (χ0n) is 15.6. The smallest absolute Gasteiger partial charge is 0.353 e. The first-order chi connectivity index (χ1) is 12.6. The van der Waals surface area contributed by atoms with Crippen LogP contribution in [-0.2, 0) is 15.8 Å². The highest BCUT2D eigenvalue weighted by molar-refractivity contribution is 5.93. The topological polar surface area (TPSA) is 53.5 Å². The first-order valence-corrected chi connectivity index (χ1v) is 9.23. The Morgan fingerprint density at radius 3 is 2.41 bits per heavy atom. The van der Waals surface area contributed by atoms with Gasteiger partial charge in [0.2, 0.25) is 5.91 Å². The van der Waals surface area contributed by atoms with Gasteiger partial charge in [0, 0.05) is 45.2 Å². The van der Waals surface area contributed by atoms with Gasteiger partial charge >= 0.3 is 6.18 Å². The Balaban J connectivity index is 1.69. The number of anilines is 1. The maximum absolute atomic E-state index is 13.1. The number of carbonyl (C=O) groups is 2. The van der Waals surface area contributed by atoms with Gasteiger partial charge in [0.15, 0.2) is 0 Å². The van der Waals surface area contributed by atoms with Crippen molar-refractivity contribution in [1.82, 2.24) is 9.88 Å². The highest BCUT2D eigenvalue weighted by Gasteiger charge is 2.49. The molecule has 2 heterocycles. The molecule has 148 valence electrons. The van der Waals surface area contributed by atoms with Gasteiger partial charge < -0.3 is 9.80 Å². The third-order valence-corrected chi connectivity index (χ3v) is 5.86. The second-order valence-electron chi connectivity index (χ2n) is 7.71. The van der Waals surface area contributed by atoms with Crippen molar-refractivity contribution in [3.8, 4) is 0 Å². The van der Waals surface area contributed by atoms with Gasteiger partial charge in [-0.1, -0.05) is 13.8 Å². The van der Waals surface area contributed by atoms with Crippen molar-refractivity contribution < 1.29 is 22.8 Å². The van der Waals surface area contributed by atoms with Crippen LogP contribution in [0.1, 0.15) is 38.7 Å². The molecule has 1 aliphatic heterocycles. The van der Waals surface area contributed by atoms with E-state index in [1.54, 1.807) is 9.80 Å². The Kier molecular flexibility index (Phi) is 5.18. The van der Waals surface area contributed by atoms with E-state index >= 15 is 0 Å². The van der Waals surface area contributed by atoms with E-state index in [0.717, 1.165) is 18.3 Å². The van der Waals surface area contributed by atoms with Crippen molar-refractivity contribution in [2.75, 3.05) is 31.1 Å². The normalized spacial score (nSPS) is 24.0. The minimum Gasteiger partial charge on any atom is -0.353 e. The van der Waals surface area contributed by atoms with Crippen molar-refractivity contribution in [2.45, 2.75) is 39.3 Å². The van der Waals surface area contributed by atoms with Crippen molar-refractivity contribution in [3.05, 3.63) is 23.9 Å². The monoisotopic (exact) mass is 383 g/mol. The number of halogens is 3. The van der Waals surface area contributed by atoms with Crippen LogP contribution >= 0.6 is 0 Å². The van der Waals surface area contributed by atoms with Gasteiger partial charge in [-0.15, -0.1) is 0 Å². The fraction of sp³-hybridized carbons (Fsp3) is 0.632. The number of nitrogens with zero attached hydrogens (tertiary/aromatic N) is 3. The average Bonchev–Trinajstić information content (AvgIpc) is 3.04. The van der Waals surface area contributed by atoms with Gasteiger partial charge in [-0.25, -0.2) is 4.98 Å². The predicted molar refractivity (Wildman–Crippen MR) is 94.2 cm³/mol. The Labute approximate surface area is 156 Å². The van der Waals surface area contributed by atoms with Crippen LogP contribution in [0.4, 0.5) is 19.0 Å². The molecule has 27 heavy (non-hydrogen) atoms. The number of carbonyl (C=O) groups excluding carboxylic acids is 2. The lowest BCUT2D eigenvalue weighted by molar-refractivity contribution is -0.146. The van der Waals surface area contributed by atoms with Gasteiger partial charge in [-0.2, -0.15) is 13.2 Å². The number of Topliss-reactive ketones (excluding diaryl/α,β-unsaturated/α-hetero) is 1. The average molecular weight is 383 g/mol.